The standard InChI is InChI=1S/C22H16F3N3O5S/c1-33-15-4-3-13(16(8-15)22(23,24)25)10-28-17-5-2-12(6-14(17)9-26-28)7-18-20(31)27(11-19(29)30)21(32)34-18/h2-9H,10-11H2,1H3,(H,29,30)/b18-7-. The van der Waals surface area contributed by atoms with Crippen molar-refractivity contribution in [3.05, 3.63) is 64.2 Å². The molecule has 2 amide bonds. The second-order valence-electron chi connectivity index (χ2n) is 7.30. The van der Waals surface area contributed by atoms with Gasteiger partial charge in [-0.15, -0.1) is 0 Å². The second kappa shape index (κ2) is 8.86. The summed E-state index contributed by atoms with van der Waals surface area (Å²) in [6, 6.07) is 8.68. The fourth-order valence-electron chi connectivity index (χ4n) is 3.49. The quantitative estimate of drug-likeness (QED) is 0.515. The zero-order chi connectivity index (χ0) is 24.6. The Labute approximate surface area is 194 Å². The minimum absolute atomic E-state index is 0.0227. The number of aliphatic carboxylic acids is 1. The van der Waals surface area contributed by atoms with E-state index >= 15 is 0 Å². The number of hydrogen-bond acceptors (Lipinski definition) is 6. The topological polar surface area (TPSA) is 102 Å². The summed E-state index contributed by atoms with van der Waals surface area (Å²) in [6.07, 6.45) is -1.63. The van der Waals surface area contributed by atoms with E-state index in [0.717, 1.165) is 6.07 Å². The number of carboxylic acid groups (broad SMARTS) is 1. The highest BCUT2D eigenvalue weighted by molar-refractivity contribution is 8.18. The van der Waals surface area contributed by atoms with Gasteiger partial charge >= 0.3 is 12.1 Å². The highest BCUT2D eigenvalue weighted by Gasteiger charge is 2.36. The van der Waals surface area contributed by atoms with E-state index in [9.17, 15) is 27.6 Å². The highest BCUT2D eigenvalue weighted by atomic mass is 32.2. The minimum atomic E-state index is -4.57. The average molecular weight is 491 g/mol. The van der Waals surface area contributed by atoms with Crippen molar-refractivity contribution in [2.45, 2.75) is 12.7 Å². The summed E-state index contributed by atoms with van der Waals surface area (Å²) in [5.41, 5.74) is 0.326. The van der Waals surface area contributed by atoms with Crippen molar-refractivity contribution in [3.63, 3.8) is 0 Å². The van der Waals surface area contributed by atoms with Crippen LogP contribution in [0.15, 0.2) is 47.5 Å². The second-order valence-corrected chi connectivity index (χ2v) is 8.30. The fraction of sp³-hybridized carbons (Fsp3) is 0.182. The summed E-state index contributed by atoms with van der Waals surface area (Å²) in [5, 5.41) is 13.0. The van der Waals surface area contributed by atoms with Crippen molar-refractivity contribution >= 4 is 45.9 Å². The number of rotatable bonds is 6. The van der Waals surface area contributed by atoms with E-state index in [1.165, 1.54) is 36.2 Å². The highest BCUT2D eigenvalue weighted by Crippen LogP contribution is 2.35. The van der Waals surface area contributed by atoms with Crippen molar-refractivity contribution in [3.8, 4) is 5.75 Å². The number of carboxylic acids is 1. The lowest BCUT2D eigenvalue weighted by atomic mass is 10.1. The molecule has 12 heteroatoms. The molecular formula is C22H16F3N3O5S. The van der Waals surface area contributed by atoms with Gasteiger partial charge in [-0.05, 0) is 53.2 Å². The first-order valence-electron chi connectivity index (χ1n) is 9.73. The number of benzene rings is 2. The van der Waals surface area contributed by atoms with E-state index < -0.39 is 35.4 Å². The molecule has 4 rings (SSSR count). The molecule has 2 aromatic carbocycles. The van der Waals surface area contributed by atoms with E-state index in [-0.39, 0.29) is 22.8 Å². The minimum Gasteiger partial charge on any atom is -0.497 e. The van der Waals surface area contributed by atoms with Crippen LogP contribution in [-0.4, -0.2) is 50.6 Å². The van der Waals surface area contributed by atoms with Gasteiger partial charge in [0.15, 0.2) is 0 Å². The number of halogens is 3. The zero-order valence-electron chi connectivity index (χ0n) is 17.5. The van der Waals surface area contributed by atoms with Gasteiger partial charge in [-0.25, -0.2) is 0 Å². The molecule has 0 radical (unpaired) electrons. The summed E-state index contributed by atoms with van der Waals surface area (Å²) in [6.45, 7) is -0.852. The molecule has 1 saturated heterocycles. The smallest absolute Gasteiger partial charge is 0.416 e. The SMILES string of the molecule is COc1ccc(Cn2ncc3cc(/C=C4\SC(=O)N(CC(=O)O)C4=O)ccc32)c(C(F)(F)F)c1. The number of carbonyl (C=O) groups excluding carboxylic acids is 2. The summed E-state index contributed by atoms with van der Waals surface area (Å²) < 4.78 is 46.9. The molecule has 176 valence electrons. The number of nitrogens with zero attached hydrogens (tertiary/aromatic N) is 3. The molecule has 1 aliphatic rings. The molecule has 2 heterocycles. The third-order valence-electron chi connectivity index (χ3n) is 5.07. The number of methoxy groups -OCH3 is 1. The Hall–Kier alpha value is -3.80. The van der Waals surface area contributed by atoms with E-state index in [0.29, 0.717) is 33.1 Å². The van der Waals surface area contributed by atoms with Gasteiger partial charge in [0.2, 0.25) is 0 Å². The molecule has 8 nitrogen and oxygen atoms in total. The number of hydrogen-bond donors (Lipinski definition) is 1. The lowest BCUT2D eigenvalue weighted by Gasteiger charge is -2.14. The van der Waals surface area contributed by atoms with Gasteiger partial charge < -0.3 is 9.84 Å². The molecule has 0 atom stereocenters. The molecule has 1 aliphatic heterocycles. The number of ether oxygens (including phenoxy) is 1. The molecule has 34 heavy (non-hydrogen) atoms. The number of fused-ring (bicyclic) bond motifs is 1. The van der Waals surface area contributed by atoms with Gasteiger partial charge in [0, 0.05) is 5.39 Å². The van der Waals surface area contributed by atoms with Crippen molar-refractivity contribution in [2.75, 3.05) is 13.7 Å². The van der Waals surface area contributed by atoms with Crippen molar-refractivity contribution in [1.82, 2.24) is 14.7 Å². The fourth-order valence-corrected chi connectivity index (χ4v) is 4.33. The molecule has 1 N–H and O–H groups in total. The molecule has 0 aliphatic carbocycles. The number of aromatic nitrogens is 2. The summed E-state index contributed by atoms with van der Waals surface area (Å²) in [5.74, 6) is -1.91. The predicted octanol–water partition coefficient (Wildman–Crippen LogP) is 4.23. The maximum atomic E-state index is 13.5. The lowest BCUT2D eigenvalue weighted by molar-refractivity contribution is -0.140. The zero-order valence-corrected chi connectivity index (χ0v) is 18.3. The van der Waals surface area contributed by atoms with E-state index in [2.05, 4.69) is 5.10 Å². The number of carbonyl (C=O) groups is 3. The number of alkyl halides is 3. The molecule has 0 bridgehead atoms. The Morgan fingerprint density at radius 3 is 2.65 bits per heavy atom. The Morgan fingerprint density at radius 1 is 1.21 bits per heavy atom. The Balaban J connectivity index is 1.62. The van der Waals surface area contributed by atoms with E-state index in [1.54, 1.807) is 18.2 Å². The van der Waals surface area contributed by atoms with Crippen molar-refractivity contribution < 1.29 is 37.4 Å². The summed E-state index contributed by atoms with van der Waals surface area (Å²) >= 11 is 0.635. The van der Waals surface area contributed by atoms with E-state index in [4.69, 9.17) is 9.84 Å². The summed E-state index contributed by atoms with van der Waals surface area (Å²) in [7, 11) is 1.29. The maximum absolute atomic E-state index is 13.5. The van der Waals surface area contributed by atoms with Crippen molar-refractivity contribution in [2.24, 2.45) is 0 Å². The maximum Gasteiger partial charge on any atom is 0.416 e. The van der Waals surface area contributed by atoms with Gasteiger partial charge in [0.1, 0.15) is 12.3 Å². The largest absolute Gasteiger partial charge is 0.497 e. The molecule has 1 aromatic heterocycles. The number of amides is 2. The van der Waals surface area contributed by atoms with Crippen LogP contribution in [-0.2, 0) is 22.3 Å². The first-order valence-corrected chi connectivity index (χ1v) is 10.6. The van der Waals surface area contributed by atoms with Gasteiger partial charge in [-0.1, -0.05) is 12.1 Å². The monoisotopic (exact) mass is 491 g/mol. The Bertz CT molecular complexity index is 1350. The van der Waals surface area contributed by atoms with Crippen molar-refractivity contribution in [1.29, 1.82) is 0 Å². The first kappa shape index (κ1) is 23.4. The van der Waals surface area contributed by atoms with Crippen LogP contribution in [0.3, 0.4) is 0 Å². The van der Waals surface area contributed by atoms with E-state index in [1.807, 2.05) is 0 Å². The van der Waals surface area contributed by atoms with Gasteiger partial charge in [0.25, 0.3) is 11.1 Å². The van der Waals surface area contributed by atoms with Crippen LogP contribution in [0.4, 0.5) is 18.0 Å². The third kappa shape index (κ3) is 4.62. The average Bonchev–Trinajstić information content (AvgIpc) is 3.28. The molecule has 0 spiro atoms. The lowest BCUT2D eigenvalue weighted by Crippen LogP contribution is -2.33. The van der Waals surface area contributed by atoms with Crippen LogP contribution >= 0.6 is 11.8 Å². The molecule has 3 aromatic rings. The van der Waals surface area contributed by atoms with Crippen LogP contribution in [0.2, 0.25) is 0 Å². The Kier molecular flexibility index (Phi) is 6.09. The first-order chi connectivity index (χ1) is 16.1. The Morgan fingerprint density at radius 2 is 1.97 bits per heavy atom. The van der Waals surface area contributed by atoms with Crippen LogP contribution < -0.4 is 4.74 Å². The van der Waals surface area contributed by atoms with Crippen LogP contribution in [0.1, 0.15) is 16.7 Å². The third-order valence-corrected chi connectivity index (χ3v) is 5.98. The predicted molar refractivity (Wildman–Crippen MR) is 117 cm³/mol. The van der Waals surface area contributed by atoms with Gasteiger partial charge in [-0.2, -0.15) is 18.3 Å². The molecule has 1 fully saturated rings. The van der Waals surface area contributed by atoms with Gasteiger partial charge in [0.05, 0.1) is 35.8 Å². The summed E-state index contributed by atoms with van der Waals surface area (Å²) in [4.78, 5) is 35.8. The van der Waals surface area contributed by atoms with Crippen LogP contribution in [0.25, 0.3) is 17.0 Å². The number of thioether (sulfide) groups is 1. The molecule has 0 unspecified atom stereocenters. The number of imide groups is 1. The normalized spacial score (nSPS) is 15.5. The molecular weight excluding hydrogens is 475 g/mol. The van der Waals surface area contributed by atoms with Crippen LogP contribution in [0, 0.1) is 0 Å². The van der Waals surface area contributed by atoms with Crippen LogP contribution in [0.5, 0.6) is 5.75 Å². The van der Waals surface area contributed by atoms with Gasteiger partial charge in [-0.3, -0.25) is 24.0 Å². The molecule has 0 saturated carbocycles.